The monoisotopic (exact) mass is 110 g/mol. The van der Waals surface area contributed by atoms with Crippen LogP contribution in [0.2, 0.25) is 0 Å². The van der Waals surface area contributed by atoms with Crippen LogP contribution in [0, 0.1) is 0 Å². The Hall–Kier alpha value is 1.14. The van der Waals surface area contributed by atoms with Crippen molar-refractivity contribution in [3.63, 3.8) is 0 Å². The molecule has 0 spiro atoms. The van der Waals surface area contributed by atoms with Crippen molar-refractivity contribution >= 4 is 34.6 Å². The van der Waals surface area contributed by atoms with E-state index in [1.165, 1.54) is 0 Å². The highest BCUT2D eigenvalue weighted by Gasteiger charge is 1.55. The van der Waals surface area contributed by atoms with E-state index in [9.17, 15) is 0 Å². The molecule has 0 saturated carbocycles. The van der Waals surface area contributed by atoms with Gasteiger partial charge < -0.3 is 0 Å². The molecule has 2 unspecified atom stereocenters. The van der Waals surface area contributed by atoms with Crippen LogP contribution in [0.5, 0.6) is 0 Å². The minimum Gasteiger partial charge on any atom is -0.113 e. The van der Waals surface area contributed by atoms with Gasteiger partial charge in [-0.1, -0.05) is 6.26 Å². The molecule has 0 saturated heterocycles. The van der Waals surface area contributed by atoms with E-state index in [4.69, 9.17) is 0 Å². The summed E-state index contributed by atoms with van der Waals surface area (Å²) >= 11 is 4.69. The molecular formula is H5BP2S. The summed E-state index contributed by atoms with van der Waals surface area (Å²) in [5, 5.41) is 0. The highest BCUT2D eigenvalue weighted by molar-refractivity contribution is 8.43. The average molecular weight is 110 g/mol. The van der Waals surface area contributed by atoms with Gasteiger partial charge in [0.1, 0.15) is 7.57 Å². The Balaban J connectivity index is 2.80. The summed E-state index contributed by atoms with van der Waals surface area (Å²) in [5.41, 5.74) is 0. The van der Waals surface area contributed by atoms with Gasteiger partial charge in [0.05, 0.1) is 0 Å². The summed E-state index contributed by atoms with van der Waals surface area (Å²) in [6.45, 7) is 0. The fourth-order valence-electron chi connectivity index (χ4n) is 0. The Morgan fingerprint density at radius 2 is 2.00 bits per heavy atom. The van der Waals surface area contributed by atoms with Gasteiger partial charge in [0, 0.05) is 0 Å². The third-order valence-electron chi connectivity index (χ3n) is 0. The van der Waals surface area contributed by atoms with E-state index >= 15 is 0 Å². The van der Waals surface area contributed by atoms with Crippen molar-refractivity contribution in [2.75, 3.05) is 0 Å². The maximum atomic E-state index is 4.69. The maximum absolute atomic E-state index is 4.69. The smallest absolute Gasteiger partial charge is 0.113 e. The minimum atomic E-state index is -0.380. The Morgan fingerprint density at radius 3 is 2.00 bits per heavy atom. The van der Waals surface area contributed by atoms with Crippen LogP contribution in [0.15, 0.2) is 0 Å². The molecule has 0 aromatic rings. The van der Waals surface area contributed by atoms with E-state index in [0.29, 0.717) is 0 Å². The molecule has 0 aromatic heterocycles. The molecule has 0 radical (unpaired) electrons. The molecule has 2 atom stereocenters. The Bertz CT molecular complexity index is 29.0. The minimum absolute atomic E-state index is 0.380. The first-order valence-corrected chi connectivity index (χ1v) is 5.94. The van der Waals surface area contributed by atoms with Crippen LogP contribution in [-0.4, -0.2) is 7.57 Å². The summed E-state index contributed by atoms with van der Waals surface area (Å²) < 4.78 is 0. The second kappa shape index (κ2) is 2.39. The quantitative estimate of drug-likeness (QED) is 0.312. The lowest BCUT2D eigenvalue weighted by Crippen LogP contribution is -1.22. The van der Waals surface area contributed by atoms with E-state index in [1.54, 1.807) is 0 Å². The molecule has 4 heavy (non-hydrogen) atoms. The molecule has 0 amide bonds. The van der Waals surface area contributed by atoms with Crippen LogP contribution in [0.4, 0.5) is 0 Å². The summed E-state index contributed by atoms with van der Waals surface area (Å²) in [7, 11) is 4.62. The van der Waals surface area contributed by atoms with Gasteiger partial charge in [-0.2, -0.15) is 0 Å². The standard InChI is InChI=1S/BH5P2S/c1-3(2)4/h3H,1-2H2. The van der Waals surface area contributed by atoms with Crippen molar-refractivity contribution in [1.29, 1.82) is 0 Å². The van der Waals surface area contributed by atoms with E-state index < -0.39 is 0 Å². The van der Waals surface area contributed by atoms with Crippen LogP contribution >= 0.6 is 15.2 Å². The molecule has 0 nitrogen and oxygen atoms in total. The number of rotatable bonds is 0. The lowest BCUT2D eigenvalue weighted by atomic mass is 10.8. The van der Waals surface area contributed by atoms with E-state index in [1.807, 2.05) is 7.57 Å². The second-order valence-corrected chi connectivity index (χ2v) is 7.62. The van der Waals surface area contributed by atoms with E-state index in [0.717, 1.165) is 0 Å². The van der Waals surface area contributed by atoms with Crippen molar-refractivity contribution < 1.29 is 0 Å². The van der Waals surface area contributed by atoms with Gasteiger partial charge in [-0.3, -0.25) is 0 Å². The van der Waals surface area contributed by atoms with Gasteiger partial charge in [-0.25, -0.2) is 0 Å². The largest absolute Gasteiger partial charge is 0.148 e. The SMILES string of the molecule is B[PH](P)=S. The second-order valence-electron chi connectivity index (χ2n) is 0.611. The number of hydrogen-bond acceptors (Lipinski definition) is 1. The zero-order valence-electron chi connectivity index (χ0n) is 2.49. The summed E-state index contributed by atoms with van der Waals surface area (Å²) in [6.07, 6.45) is -0.380. The first-order chi connectivity index (χ1) is 1.73. The average Bonchev–Trinajstić information content (AvgIpc) is 0.811. The summed E-state index contributed by atoms with van der Waals surface area (Å²) in [4.78, 5) is 0. The van der Waals surface area contributed by atoms with E-state index in [-0.39, 0.29) is 6.26 Å². The first-order valence-electron chi connectivity index (χ1n) is 0.993. The fourth-order valence-corrected chi connectivity index (χ4v) is 0. The van der Waals surface area contributed by atoms with Gasteiger partial charge in [-0.15, -0.1) is 20.7 Å². The predicted molar refractivity (Wildman–Crippen MR) is 33.9 cm³/mol. The predicted octanol–water partition coefficient (Wildman–Crippen LogP) is 0.000700. The summed E-state index contributed by atoms with van der Waals surface area (Å²) in [6, 6.07) is 0. The lowest BCUT2D eigenvalue weighted by Gasteiger charge is -1.63. The maximum Gasteiger partial charge on any atom is 0.148 e. The van der Waals surface area contributed by atoms with Crippen molar-refractivity contribution in [2.45, 2.75) is 0 Å². The van der Waals surface area contributed by atoms with Crippen LogP contribution in [0.3, 0.4) is 0 Å². The third-order valence-corrected chi connectivity index (χ3v) is 0. The highest BCUT2D eigenvalue weighted by Crippen LogP contribution is 2.21. The zero-order valence-corrected chi connectivity index (χ0v) is 5.46. The van der Waals surface area contributed by atoms with Crippen molar-refractivity contribution in [3.8, 4) is 0 Å². The molecule has 0 N–H and O–H groups in total. The van der Waals surface area contributed by atoms with Crippen LogP contribution in [-0.2, 0) is 11.8 Å². The van der Waals surface area contributed by atoms with Crippen LogP contribution in [0.1, 0.15) is 0 Å². The van der Waals surface area contributed by atoms with E-state index in [2.05, 4.69) is 20.7 Å². The van der Waals surface area contributed by atoms with Gasteiger partial charge in [0.15, 0.2) is 0 Å². The molecule has 0 fully saturated rings. The van der Waals surface area contributed by atoms with Gasteiger partial charge >= 0.3 is 0 Å². The fraction of sp³-hybridized carbons (Fsp3) is 0. The molecule has 4 heteroatoms. The molecule has 0 aromatic carbocycles. The van der Waals surface area contributed by atoms with Crippen LogP contribution in [0.25, 0.3) is 0 Å². The van der Waals surface area contributed by atoms with Gasteiger partial charge in [0.25, 0.3) is 0 Å². The molecule has 0 bridgehead atoms. The molecule has 0 heterocycles. The van der Waals surface area contributed by atoms with Crippen molar-refractivity contribution in [2.24, 2.45) is 0 Å². The molecule has 24 valence electrons. The molecule has 0 aliphatic heterocycles. The third kappa shape index (κ3) is 11.0. The van der Waals surface area contributed by atoms with Crippen molar-refractivity contribution in [1.82, 2.24) is 0 Å². The zero-order chi connectivity index (χ0) is 3.58. The van der Waals surface area contributed by atoms with Gasteiger partial charge in [-0.05, 0) is 0 Å². The molecule has 0 aliphatic rings. The lowest BCUT2D eigenvalue weighted by molar-refractivity contribution is 4.95. The highest BCUT2D eigenvalue weighted by atomic mass is 32.6. The molecule has 0 aliphatic carbocycles. The summed E-state index contributed by atoms with van der Waals surface area (Å²) in [5.74, 6) is 0. The normalized spacial score (nSPS) is 15.2. The first kappa shape index (κ1) is 5.14. The topological polar surface area (TPSA) is 0 Å². The molecule has 0 rings (SSSR count). The van der Waals surface area contributed by atoms with Gasteiger partial charge in [0.2, 0.25) is 0 Å². The Labute approximate surface area is 35.2 Å². The Morgan fingerprint density at radius 1 is 2.00 bits per heavy atom. The van der Waals surface area contributed by atoms with Crippen LogP contribution < -0.4 is 0 Å². The Kier molecular flexibility index (Phi) is 3.07. The van der Waals surface area contributed by atoms with Crippen molar-refractivity contribution in [3.05, 3.63) is 0 Å². The molecular weight excluding hydrogens is 105 g/mol. The number of hydrogen-bond donors (Lipinski definition) is 0.